The summed E-state index contributed by atoms with van der Waals surface area (Å²) < 4.78 is 0.968. The molecule has 6 heteroatoms. The van der Waals surface area contributed by atoms with Crippen LogP contribution in [0, 0.1) is 6.92 Å². The predicted molar refractivity (Wildman–Crippen MR) is 88.0 cm³/mol. The monoisotopic (exact) mass is 354 g/mol. The van der Waals surface area contributed by atoms with Gasteiger partial charge in [0.15, 0.2) is 5.82 Å². The standard InChI is InChI=1S/C14H16BrClN4/c1-3-6-17-14-18-8-11(16)13(20-14)19-12-5-4-9(2)7-10(12)15/h4-5,7-8H,3,6H2,1-2H3,(H2,17,18,19,20). The first-order valence-corrected chi connectivity index (χ1v) is 7.57. The quantitative estimate of drug-likeness (QED) is 0.811. The summed E-state index contributed by atoms with van der Waals surface area (Å²) in [4.78, 5) is 8.53. The van der Waals surface area contributed by atoms with E-state index < -0.39 is 0 Å². The van der Waals surface area contributed by atoms with E-state index in [-0.39, 0.29) is 0 Å². The summed E-state index contributed by atoms with van der Waals surface area (Å²) >= 11 is 9.66. The molecule has 0 aliphatic rings. The van der Waals surface area contributed by atoms with Crippen LogP contribution in [-0.2, 0) is 0 Å². The molecule has 2 rings (SSSR count). The van der Waals surface area contributed by atoms with E-state index >= 15 is 0 Å². The highest BCUT2D eigenvalue weighted by Gasteiger charge is 2.07. The van der Waals surface area contributed by atoms with Gasteiger partial charge in [-0.25, -0.2) is 4.98 Å². The Morgan fingerprint density at radius 3 is 2.85 bits per heavy atom. The van der Waals surface area contributed by atoms with E-state index in [2.05, 4.69) is 43.5 Å². The number of nitrogens with zero attached hydrogens (tertiary/aromatic N) is 2. The average molecular weight is 356 g/mol. The maximum Gasteiger partial charge on any atom is 0.224 e. The third-order valence-corrected chi connectivity index (χ3v) is 3.59. The summed E-state index contributed by atoms with van der Waals surface area (Å²) in [5.74, 6) is 1.16. The normalized spacial score (nSPS) is 10.4. The molecule has 0 bridgehead atoms. The van der Waals surface area contributed by atoms with E-state index in [0.717, 1.165) is 23.1 Å². The lowest BCUT2D eigenvalue weighted by Crippen LogP contribution is -2.06. The molecule has 0 amide bonds. The van der Waals surface area contributed by atoms with Crippen LogP contribution >= 0.6 is 27.5 Å². The second kappa shape index (κ2) is 6.90. The second-order valence-electron chi connectivity index (χ2n) is 4.43. The van der Waals surface area contributed by atoms with Gasteiger partial charge in [0.25, 0.3) is 0 Å². The molecule has 0 aliphatic heterocycles. The number of halogens is 2. The third kappa shape index (κ3) is 3.84. The van der Waals surface area contributed by atoms with Gasteiger partial charge in [0.05, 0.1) is 11.9 Å². The molecular weight excluding hydrogens is 340 g/mol. The molecule has 0 fully saturated rings. The lowest BCUT2D eigenvalue weighted by atomic mass is 10.2. The summed E-state index contributed by atoms with van der Waals surface area (Å²) in [5.41, 5.74) is 2.10. The molecule has 1 aromatic heterocycles. The average Bonchev–Trinajstić information content (AvgIpc) is 2.42. The molecule has 0 spiro atoms. The van der Waals surface area contributed by atoms with Crippen LogP contribution in [0.15, 0.2) is 28.9 Å². The third-order valence-electron chi connectivity index (χ3n) is 2.65. The van der Waals surface area contributed by atoms with Crippen molar-refractivity contribution in [2.75, 3.05) is 17.2 Å². The van der Waals surface area contributed by atoms with E-state index in [0.29, 0.717) is 16.8 Å². The smallest absolute Gasteiger partial charge is 0.224 e. The van der Waals surface area contributed by atoms with E-state index in [1.54, 1.807) is 6.20 Å². The van der Waals surface area contributed by atoms with Gasteiger partial charge in [-0.3, -0.25) is 0 Å². The Bertz CT molecular complexity index is 604. The lowest BCUT2D eigenvalue weighted by molar-refractivity contribution is 0.953. The molecule has 2 N–H and O–H groups in total. The van der Waals surface area contributed by atoms with Crippen molar-refractivity contribution in [3.63, 3.8) is 0 Å². The van der Waals surface area contributed by atoms with Crippen LogP contribution in [0.3, 0.4) is 0 Å². The SMILES string of the molecule is CCCNc1ncc(Cl)c(Nc2ccc(C)cc2Br)n1. The Hall–Kier alpha value is -1.33. The number of hydrogen-bond donors (Lipinski definition) is 2. The Morgan fingerprint density at radius 1 is 1.35 bits per heavy atom. The molecule has 20 heavy (non-hydrogen) atoms. The van der Waals surface area contributed by atoms with Crippen molar-refractivity contribution in [2.45, 2.75) is 20.3 Å². The maximum atomic E-state index is 6.13. The van der Waals surface area contributed by atoms with Crippen molar-refractivity contribution in [1.82, 2.24) is 9.97 Å². The minimum Gasteiger partial charge on any atom is -0.354 e. The largest absolute Gasteiger partial charge is 0.354 e. The van der Waals surface area contributed by atoms with E-state index in [1.807, 2.05) is 25.1 Å². The number of rotatable bonds is 5. The van der Waals surface area contributed by atoms with E-state index in [9.17, 15) is 0 Å². The first kappa shape index (κ1) is 15.1. The molecule has 1 heterocycles. The zero-order valence-electron chi connectivity index (χ0n) is 11.4. The lowest BCUT2D eigenvalue weighted by Gasteiger charge is -2.11. The van der Waals surface area contributed by atoms with Crippen molar-refractivity contribution >= 4 is 45.0 Å². The molecule has 0 radical (unpaired) electrons. The molecule has 0 saturated heterocycles. The molecule has 0 unspecified atom stereocenters. The summed E-state index contributed by atoms with van der Waals surface area (Å²) in [5, 5.41) is 6.84. The van der Waals surface area contributed by atoms with Crippen molar-refractivity contribution in [3.8, 4) is 0 Å². The number of anilines is 3. The Kier molecular flexibility index (Phi) is 5.20. The summed E-state index contributed by atoms with van der Waals surface area (Å²) in [6.45, 7) is 4.96. The topological polar surface area (TPSA) is 49.8 Å². The summed E-state index contributed by atoms with van der Waals surface area (Å²) in [7, 11) is 0. The van der Waals surface area contributed by atoms with Gasteiger partial charge in [-0.05, 0) is 47.0 Å². The number of hydrogen-bond acceptors (Lipinski definition) is 4. The fraction of sp³-hybridized carbons (Fsp3) is 0.286. The van der Waals surface area contributed by atoms with E-state index in [4.69, 9.17) is 11.6 Å². The van der Waals surface area contributed by atoms with E-state index in [1.165, 1.54) is 5.56 Å². The highest BCUT2D eigenvalue weighted by molar-refractivity contribution is 9.10. The number of aryl methyl sites for hydroxylation is 1. The van der Waals surface area contributed by atoms with Crippen molar-refractivity contribution < 1.29 is 0 Å². The Labute approximate surface area is 132 Å². The first-order valence-electron chi connectivity index (χ1n) is 6.39. The molecular formula is C14H16BrClN4. The van der Waals surface area contributed by atoms with Crippen molar-refractivity contribution in [1.29, 1.82) is 0 Å². The van der Waals surface area contributed by atoms with Crippen LogP contribution in [0.25, 0.3) is 0 Å². The fourth-order valence-corrected chi connectivity index (χ4v) is 2.36. The van der Waals surface area contributed by atoms with Crippen LogP contribution in [-0.4, -0.2) is 16.5 Å². The molecule has 1 aromatic carbocycles. The zero-order chi connectivity index (χ0) is 14.5. The summed E-state index contributed by atoms with van der Waals surface area (Å²) in [6, 6.07) is 6.04. The predicted octanol–water partition coefficient (Wildman–Crippen LogP) is 4.77. The van der Waals surface area contributed by atoms with Gasteiger partial charge in [0.2, 0.25) is 5.95 Å². The van der Waals surface area contributed by atoms with Crippen LogP contribution in [0.5, 0.6) is 0 Å². The Balaban J connectivity index is 2.23. The van der Waals surface area contributed by atoms with Gasteiger partial charge in [-0.2, -0.15) is 4.98 Å². The molecule has 4 nitrogen and oxygen atoms in total. The minimum absolute atomic E-state index is 0.486. The van der Waals surface area contributed by atoms with Gasteiger partial charge >= 0.3 is 0 Å². The van der Waals surface area contributed by atoms with Gasteiger partial charge < -0.3 is 10.6 Å². The molecule has 0 aliphatic carbocycles. The summed E-state index contributed by atoms with van der Waals surface area (Å²) in [6.07, 6.45) is 2.61. The number of aromatic nitrogens is 2. The van der Waals surface area contributed by atoms with Gasteiger partial charge in [-0.1, -0.05) is 24.6 Å². The zero-order valence-corrected chi connectivity index (χ0v) is 13.7. The van der Waals surface area contributed by atoms with Crippen LogP contribution in [0.4, 0.5) is 17.5 Å². The van der Waals surface area contributed by atoms with Gasteiger partial charge in [0.1, 0.15) is 5.02 Å². The molecule has 0 atom stereocenters. The van der Waals surface area contributed by atoms with Crippen LogP contribution < -0.4 is 10.6 Å². The minimum atomic E-state index is 0.486. The van der Waals surface area contributed by atoms with Crippen LogP contribution in [0.2, 0.25) is 5.02 Å². The van der Waals surface area contributed by atoms with Gasteiger partial charge in [-0.15, -0.1) is 0 Å². The van der Waals surface area contributed by atoms with Crippen molar-refractivity contribution in [2.24, 2.45) is 0 Å². The highest BCUT2D eigenvalue weighted by Crippen LogP contribution is 2.29. The fourth-order valence-electron chi connectivity index (χ4n) is 1.63. The molecule has 2 aromatic rings. The first-order chi connectivity index (χ1) is 9.60. The molecule has 106 valence electrons. The number of benzene rings is 1. The highest BCUT2D eigenvalue weighted by atomic mass is 79.9. The van der Waals surface area contributed by atoms with Crippen molar-refractivity contribution in [3.05, 3.63) is 39.5 Å². The maximum absolute atomic E-state index is 6.13. The second-order valence-corrected chi connectivity index (χ2v) is 5.69. The number of nitrogens with one attached hydrogen (secondary N) is 2. The molecule has 0 saturated carbocycles. The van der Waals surface area contributed by atoms with Gasteiger partial charge in [0, 0.05) is 11.0 Å². The van der Waals surface area contributed by atoms with Crippen LogP contribution in [0.1, 0.15) is 18.9 Å². The Morgan fingerprint density at radius 2 is 2.15 bits per heavy atom.